The normalized spacial score (nSPS) is 20.8. The topological polar surface area (TPSA) is 40.1 Å². The van der Waals surface area contributed by atoms with Crippen LogP contribution in [0.25, 0.3) is 11.1 Å². The van der Waals surface area contributed by atoms with Crippen LogP contribution in [0, 0.1) is 0 Å². The van der Waals surface area contributed by atoms with E-state index in [1.54, 1.807) is 0 Å². The van der Waals surface area contributed by atoms with Crippen molar-refractivity contribution in [1.29, 1.82) is 0 Å². The van der Waals surface area contributed by atoms with Crippen molar-refractivity contribution in [2.45, 2.75) is 19.0 Å². The molecule has 1 N–H and O–H groups in total. The highest BCUT2D eigenvalue weighted by molar-refractivity contribution is 6.30. The van der Waals surface area contributed by atoms with E-state index >= 15 is 0 Å². The molecule has 0 amide bonds. The van der Waals surface area contributed by atoms with Crippen molar-refractivity contribution in [3.05, 3.63) is 59.1 Å². The Morgan fingerprint density at radius 2 is 1.86 bits per heavy atom. The van der Waals surface area contributed by atoms with Gasteiger partial charge in [-0.3, -0.25) is 9.89 Å². The Kier molecular flexibility index (Phi) is 6.70. The Morgan fingerprint density at radius 1 is 1.10 bits per heavy atom. The molecular formula is C23H29ClN4O. The van der Waals surface area contributed by atoms with Crippen molar-refractivity contribution in [1.82, 2.24) is 15.1 Å². The number of hydrogen-bond donors (Lipinski definition) is 1. The van der Waals surface area contributed by atoms with Crippen molar-refractivity contribution in [2.24, 2.45) is 4.99 Å². The second kappa shape index (κ2) is 9.61. The summed E-state index contributed by atoms with van der Waals surface area (Å²) in [5, 5.41) is 4.34. The quantitative estimate of drug-likeness (QED) is 0.616. The molecule has 2 aliphatic heterocycles. The second-order valence-electron chi connectivity index (χ2n) is 7.60. The average Bonchev–Trinajstić information content (AvgIpc) is 3.26. The first-order valence-electron chi connectivity index (χ1n) is 10.4. The van der Waals surface area contributed by atoms with E-state index in [2.05, 4.69) is 56.5 Å². The third-order valence-corrected chi connectivity index (χ3v) is 6.10. The lowest BCUT2D eigenvalue weighted by molar-refractivity contribution is 0.0195. The van der Waals surface area contributed by atoms with Crippen LogP contribution in [0.2, 0.25) is 5.02 Å². The third kappa shape index (κ3) is 4.92. The minimum atomic E-state index is 0.596. The lowest BCUT2D eigenvalue weighted by Crippen LogP contribution is -2.46. The van der Waals surface area contributed by atoms with Crippen molar-refractivity contribution in [3.63, 3.8) is 0 Å². The number of hydrogen-bond acceptors (Lipinski definition) is 3. The van der Waals surface area contributed by atoms with Crippen LogP contribution < -0.4 is 5.32 Å². The predicted molar refractivity (Wildman–Crippen MR) is 119 cm³/mol. The maximum Gasteiger partial charge on any atom is 0.193 e. The zero-order valence-corrected chi connectivity index (χ0v) is 17.7. The minimum absolute atomic E-state index is 0.596. The molecule has 2 aliphatic rings. The van der Waals surface area contributed by atoms with E-state index in [-0.39, 0.29) is 0 Å². The maximum absolute atomic E-state index is 6.06. The lowest BCUT2D eigenvalue weighted by Gasteiger charge is -2.32. The molecule has 1 unspecified atom stereocenters. The van der Waals surface area contributed by atoms with Crippen LogP contribution in [-0.4, -0.2) is 68.2 Å². The largest absolute Gasteiger partial charge is 0.379 e. The molecule has 0 spiro atoms. The zero-order chi connectivity index (χ0) is 20.1. The van der Waals surface area contributed by atoms with Gasteiger partial charge in [0.25, 0.3) is 0 Å². The minimum Gasteiger partial charge on any atom is -0.379 e. The standard InChI is InChI=1S/C23H29ClN4O/c1-25-23(28-11-10-21(17-28)27-12-14-29-15-13-27)26-16-19-4-2-3-5-22(19)18-6-8-20(24)9-7-18/h2-9,21H,10-17H2,1H3,(H,25,26). The van der Waals surface area contributed by atoms with E-state index < -0.39 is 0 Å². The molecule has 2 fully saturated rings. The first-order valence-corrected chi connectivity index (χ1v) is 10.7. The number of rotatable bonds is 4. The summed E-state index contributed by atoms with van der Waals surface area (Å²) in [5.74, 6) is 0.978. The molecule has 2 heterocycles. The molecule has 2 aromatic carbocycles. The lowest BCUT2D eigenvalue weighted by atomic mass is 10.00. The third-order valence-electron chi connectivity index (χ3n) is 5.85. The molecular weight excluding hydrogens is 384 g/mol. The van der Waals surface area contributed by atoms with Gasteiger partial charge in [-0.15, -0.1) is 0 Å². The monoisotopic (exact) mass is 412 g/mol. The summed E-state index contributed by atoms with van der Waals surface area (Å²) in [6.07, 6.45) is 1.18. The molecule has 0 bridgehead atoms. The molecule has 0 aliphatic carbocycles. The van der Waals surface area contributed by atoms with Gasteiger partial charge < -0.3 is 15.0 Å². The number of halogens is 1. The van der Waals surface area contributed by atoms with E-state index in [1.807, 2.05) is 19.2 Å². The summed E-state index contributed by atoms with van der Waals surface area (Å²) in [6.45, 7) is 6.59. The molecule has 2 saturated heterocycles. The highest BCUT2D eigenvalue weighted by atomic mass is 35.5. The number of aliphatic imine (C=N–C) groups is 1. The van der Waals surface area contributed by atoms with E-state index in [9.17, 15) is 0 Å². The van der Waals surface area contributed by atoms with Crippen LogP contribution >= 0.6 is 11.6 Å². The molecule has 4 rings (SSSR count). The van der Waals surface area contributed by atoms with Crippen LogP contribution in [-0.2, 0) is 11.3 Å². The summed E-state index contributed by atoms with van der Waals surface area (Å²) in [5.41, 5.74) is 3.65. The number of guanidine groups is 1. The number of morpholine rings is 1. The van der Waals surface area contributed by atoms with Crippen LogP contribution in [0.15, 0.2) is 53.5 Å². The summed E-state index contributed by atoms with van der Waals surface area (Å²) in [6, 6.07) is 17.1. The van der Waals surface area contributed by atoms with Gasteiger partial charge in [-0.2, -0.15) is 0 Å². The Labute approximate surface area is 178 Å². The molecule has 154 valence electrons. The molecule has 29 heavy (non-hydrogen) atoms. The zero-order valence-electron chi connectivity index (χ0n) is 17.0. The van der Waals surface area contributed by atoms with Crippen molar-refractivity contribution >= 4 is 17.6 Å². The Morgan fingerprint density at radius 3 is 2.62 bits per heavy atom. The molecule has 0 saturated carbocycles. The van der Waals surface area contributed by atoms with Crippen molar-refractivity contribution in [2.75, 3.05) is 46.4 Å². The number of nitrogens with zero attached hydrogens (tertiary/aromatic N) is 3. The second-order valence-corrected chi connectivity index (χ2v) is 8.04. The SMILES string of the molecule is CN=C(NCc1ccccc1-c1ccc(Cl)cc1)N1CCC(N2CCOCC2)C1. The predicted octanol–water partition coefficient (Wildman–Crippen LogP) is 3.49. The average molecular weight is 413 g/mol. The van der Waals surface area contributed by atoms with Gasteiger partial charge in [-0.1, -0.05) is 48.0 Å². The van der Waals surface area contributed by atoms with Crippen LogP contribution in [0.5, 0.6) is 0 Å². The van der Waals surface area contributed by atoms with Crippen molar-refractivity contribution < 1.29 is 4.74 Å². The van der Waals surface area contributed by atoms with Crippen LogP contribution in [0.1, 0.15) is 12.0 Å². The first-order chi connectivity index (χ1) is 14.2. The highest BCUT2D eigenvalue weighted by Gasteiger charge is 2.30. The number of likely N-dealkylation sites (tertiary alicyclic amines) is 1. The van der Waals surface area contributed by atoms with Gasteiger partial charge in [0.15, 0.2) is 5.96 Å². The maximum atomic E-state index is 6.06. The Bertz CT molecular complexity index is 833. The van der Waals surface area contributed by atoms with Gasteiger partial charge in [0.05, 0.1) is 13.2 Å². The number of ether oxygens (including phenoxy) is 1. The molecule has 2 aromatic rings. The molecule has 0 aromatic heterocycles. The van der Waals surface area contributed by atoms with Gasteiger partial charge in [0.1, 0.15) is 0 Å². The van der Waals surface area contributed by atoms with Gasteiger partial charge >= 0.3 is 0 Å². The fourth-order valence-electron chi connectivity index (χ4n) is 4.27. The summed E-state index contributed by atoms with van der Waals surface area (Å²) < 4.78 is 5.50. The van der Waals surface area contributed by atoms with Gasteiger partial charge in [-0.25, -0.2) is 0 Å². The van der Waals surface area contributed by atoms with E-state index in [0.29, 0.717) is 6.04 Å². The fourth-order valence-corrected chi connectivity index (χ4v) is 4.39. The van der Waals surface area contributed by atoms with Crippen molar-refractivity contribution in [3.8, 4) is 11.1 Å². The van der Waals surface area contributed by atoms with E-state index in [0.717, 1.165) is 56.9 Å². The van der Waals surface area contributed by atoms with Crippen LogP contribution in [0.3, 0.4) is 0 Å². The molecule has 1 atom stereocenters. The summed E-state index contributed by atoms with van der Waals surface area (Å²) in [4.78, 5) is 9.49. The van der Waals surface area contributed by atoms with Gasteiger partial charge in [0.2, 0.25) is 0 Å². The Hall–Kier alpha value is -2.08. The number of benzene rings is 2. The fraction of sp³-hybridized carbons (Fsp3) is 0.435. The molecule has 0 radical (unpaired) electrons. The molecule has 6 heteroatoms. The van der Waals surface area contributed by atoms with E-state index in [4.69, 9.17) is 16.3 Å². The smallest absolute Gasteiger partial charge is 0.193 e. The summed E-state index contributed by atoms with van der Waals surface area (Å²) >= 11 is 6.06. The van der Waals surface area contributed by atoms with Crippen LogP contribution in [0.4, 0.5) is 0 Å². The van der Waals surface area contributed by atoms with E-state index in [1.165, 1.54) is 23.1 Å². The highest BCUT2D eigenvalue weighted by Crippen LogP contribution is 2.25. The molecule has 5 nitrogen and oxygen atoms in total. The Balaban J connectivity index is 1.40. The number of nitrogens with one attached hydrogen (secondary N) is 1. The first kappa shape index (κ1) is 20.2. The van der Waals surface area contributed by atoms with Gasteiger partial charge in [-0.05, 0) is 35.2 Å². The van der Waals surface area contributed by atoms with Gasteiger partial charge in [0, 0.05) is 50.8 Å². The summed E-state index contributed by atoms with van der Waals surface area (Å²) in [7, 11) is 1.87.